The summed E-state index contributed by atoms with van der Waals surface area (Å²) >= 11 is 0. The maximum absolute atomic E-state index is 13.4. The van der Waals surface area contributed by atoms with Gasteiger partial charge in [-0.25, -0.2) is 0 Å². The molecule has 6 nitrogen and oxygen atoms in total. The number of nitrogens with one attached hydrogen (secondary N) is 1. The Morgan fingerprint density at radius 2 is 1.75 bits per heavy atom. The summed E-state index contributed by atoms with van der Waals surface area (Å²) in [4.78, 5) is 34.2. The molecule has 32 heavy (non-hydrogen) atoms. The molecule has 1 aromatic carbocycles. The van der Waals surface area contributed by atoms with Crippen LogP contribution < -0.4 is 5.32 Å². The third-order valence-corrected chi connectivity index (χ3v) is 6.80. The molecule has 3 heterocycles. The summed E-state index contributed by atoms with van der Waals surface area (Å²) < 4.78 is 0. The van der Waals surface area contributed by atoms with Crippen molar-refractivity contribution < 1.29 is 9.59 Å². The lowest BCUT2D eigenvalue weighted by molar-refractivity contribution is -0.138. The van der Waals surface area contributed by atoms with Crippen molar-refractivity contribution in [3.05, 3.63) is 66.0 Å². The monoisotopic (exact) mass is 434 g/mol. The molecular formula is C26H34N4O2. The number of hydrogen-bond donors (Lipinski definition) is 1. The van der Waals surface area contributed by atoms with E-state index in [1.54, 1.807) is 6.20 Å². The summed E-state index contributed by atoms with van der Waals surface area (Å²) in [6.07, 6.45) is 6.93. The van der Waals surface area contributed by atoms with Crippen LogP contribution in [0.25, 0.3) is 0 Å². The van der Waals surface area contributed by atoms with Crippen molar-refractivity contribution in [1.29, 1.82) is 0 Å². The van der Waals surface area contributed by atoms with Crippen LogP contribution in [0, 0.1) is 11.8 Å². The highest BCUT2D eigenvalue weighted by Crippen LogP contribution is 2.32. The molecule has 2 saturated heterocycles. The van der Waals surface area contributed by atoms with Crippen LogP contribution in [0.1, 0.15) is 43.4 Å². The van der Waals surface area contributed by atoms with Crippen LogP contribution in [-0.4, -0.2) is 52.8 Å². The molecule has 1 unspecified atom stereocenters. The fourth-order valence-corrected chi connectivity index (χ4v) is 5.00. The first-order chi connectivity index (χ1) is 15.7. The summed E-state index contributed by atoms with van der Waals surface area (Å²) in [6.45, 7) is 4.21. The first-order valence-electron chi connectivity index (χ1n) is 11.9. The second kappa shape index (κ2) is 11.2. The normalized spacial score (nSPS) is 20.7. The molecule has 1 aromatic heterocycles. The van der Waals surface area contributed by atoms with E-state index in [1.165, 1.54) is 5.56 Å². The molecule has 0 saturated carbocycles. The lowest BCUT2D eigenvalue weighted by Crippen LogP contribution is -2.45. The number of amides is 2. The fourth-order valence-electron chi connectivity index (χ4n) is 5.00. The van der Waals surface area contributed by atoms with E-state index >= 15 is 0 Å². The number of carbonyl (C=O) groups is 2. The van der Waals surface area contributed by atoms with Gasteiger partial charge in [-0.15, -0.1) is 0 Å². The lowest BCUT2D eigenvalue weighted by atomic mass is 9.81. The number of carbonyl (C=O) groups excluding carboxylic acids is 2. The molecule has 1 N–H and O–H groups in total. The van der Waals surface area contributed by atoms with Crippen molar-refractivity contribution in [1.82, 2.24) is 20.1 Å². The van der Waals surface area contributed by atoms with Gasteiger partial charge in [-0.05, 0) is 62.4 Å². The molecule has 0 bridgehead atoms. The van der Waals surface area contributed by atoms with E-state index in [2.05, 4.69) is 32.2 Å². The van der Waals surface area contributed by atoms with Crippen LogP contribution in [0.5, 0.6) is 0 Å². The van der Waals surface area contributed by atoms with E-state index in [0.717, 1.165) is 57.4 Å². The van der Waals surface area contributed by atoms with Gasteiger partial charge in [-0.3, -0.25) is 19.5 Å². The van der Waals surface area contributed by atoms with Gasteiger partial charge in [0.1, 0.15) is 0 Å². The highest BCUT2D eigenvalue weighted by molar-refractivity contribution is 5.79. The molecule has 4 rings (SSSR count). The first-order valence-corrected chi connectivity index (χ1v) is 11.9. The smallest absolute Gasteiger partial charge is 0.234 e. The van der Waals surface area contributed by atoms with Crippen LogP contribution in [-0.2, 0) is 22.7 Å². The Morgan fingerprint density at radius 3 is 2.50 bits per heavy atom. The number of piperidine rings is 1. The zero-order valence-electron chi connectivity index (χ0n) is 18.8. The molecule has 0 aliphatic carbocycles. The van der Waals surface area contributed by atoms with Gasteiger partial charge < -0.3 is 10.2 Å². The van der Waals surface area contributed by atoms with E-state index in [0.29, 0.717) is 31.5 Å². The second-order valence-electron chi connectivity index (χ2n) is 9.06. The predicted octanol–water partition coefficient (Wildman–Crippen LogP) is 3.24. The van der Waals surface area contributed by atoms with Crippen molar-refractivity contribution in [2.24, 2.45) is 11.8 Å². The quantitative estimate of drug-likeness (QED) is 0.727. The predicted molar refractivity (Wildman–Crippen MR) is 124 cm³/mol. The molecule has 0 radical (unpaired) electrons. The van der Waals surface area contributed by atoms with Crippen LogP contribution in [0.3, 0.4) is 0 Å². The SMILES string of the molecule is O=C(CN1CCC(C2CCCCN(Cc3ccccc3)C2=O)CC1)NCc1ccccn1. The number of pyridine rings is 1. The van der Waals surface area contributed by atoms with Crippen molar-refractivity contribution in [3.8, 4) is 0 Å². The van der Waals surface area contributed by atoms with Gasteiger partial charge in [0.15, 0.2) is 0 Å². The summed E-state index contributed by atoms with van der Waals surface area (Å²) in [5, 5.41) is 2.96. The highest BCUT2D eigenvalue weighted by atomic mass is 16.2. The van der Waals surface area contributed by atoms with Crippen molar-refractivity contribution in [2.75, 3.05) is 26.2 Å². The van der Waals surface area contributed by atoms with E-state index in [-0.39, 0.29) is 11.8 Å². The maximum Gasteiger partial charge on any atom is 0.234 e. The summed E-state index contributed by atoms with van der Waals surface area (Å²) in [5.74, 6) is 0.916. The van der Waals surface area contributed by atoms with Crippen molar-refractivity contribution in [3.63, 3.8) is 0 Å². The molecule has 2 aromatic rings. The third kappa shape index (κ3) is 6.16. The number of likely N-dealkylation sites (tertiary alicyclic amines) is 2. The largest absolute Gasteiger partial charge is 0.349 e. The Morgan fingerprint density at radius 1 is 0.969 bits per heavy atom. The maximum atomic E-state index is 13.4. The van der Waals surface area contributed by atoms with Crippen molar-refractivity contribution in [2.45, 2.75) is 45.2 Å². The topological polar surface area (TPSA) is 65.5 Å². The first kappa shape index (κ1) is 22.5. The minimum absolute atomic E-state index is 0.0358. The summed E-state index contributed by atoms with van der Waals surface area (Å²) in [7, 11) is 0. The highest BCUT2D eigenvalue weighted by Gasteiger charge is 2.35. The molecule has 2 amide bonds. The van der Waals surface area contributed by atoms with Gasteiger partial charge >= 0.3 is 0 Å². The molecule has 170 valence electrons. The van der Waals surface area contributed by atoms with Crippen LogP contribution in [0.4, 0.5) is 0 Å². The average Bonchev–Trinajstić information content (AvgIpc) is 3.01. The van der Waals surface area contributed by atoms with Gasteiger partial charge in [-0.2, -0.15) is 0 Å². The minimum atomic E-state index is 0.0358. The molecule has 6 heteroatoms. The Labute approximate surface area is 191 Å². The number of hydrogen-bond acceptors (Lipinski definition) is 4. The van der Waals surface area contributed by atoms with E-state index < -0.39 is 0 Å². The number of aromatic nitrogens is 1. The van der Waals surface area contributed by atoms with Gasteiger partial charge in [0, 0.05) is 25.2 Å². The zero-order chi connectivity index (χ0) is 22.2. The van der Waals surface area contributed by atoms with Gasteiger partial charge in [0.25, 0.3) is 0 Å². The van der Waals surface area contributed by atoms with Gasteiger partial charge in [0.2, 0.25) is 11.8 Å². The fraction of sp³-hybridized carbons (Fsp3) is 0.500. The van der Waals surface area contributed by atoms with E-state index in [1.807, 2.05) is 36.4 Å². The molecule has 1 atom stereocenters. The van der Waals surface area contributed by atoms with Crippen LogP contribution in [0.2, 0.25) is 0 Å². The second-order valence-corrected chi connectivity index (χ2v) is 9.06. The van der Waals surface area contributed by atoms with Crippen LogP contribution in [0.15, 0.2) is 54.7 Å². The summed E-state index contributed by atoms with van der Waals surface area (Å²) in [6, 6.07) is 16.0. The molecular weight excluding hydrogens is 400 g/mol. The molecule has 0 spiro atoms. The number of nitrogens with zero attached hydrogens (tertiary/aromatic N) is 3. The van der Waals surface area contributed by atoms with E-state index in [4.69, 9.17) is 0 Å². The lowest BCUT2D eigenvalue weighted by Gasteiger charge is -2.36. The average molecular weight is 435 g/mol. The van der Waals surface area contributed by atoms with E-state index in [9.17, 15) is 9.59 Å². The van der Waals surface area contributed by atoms with Gasteiger partial charge in [-0.1, -0.05) is 42.8 Å². The molecule has 2 aliphatic rings. The Kier molecular flexibility index (Phi) is 7.88. The Bertz CT molecular complexity index is 866. The minimum Gasteiger partial charge on any atom is -0.349 e. The molecule has 2 aliphatic heterocycles. The number of rotatable bonds is 7. The third-order valence-electron chi connectivity index (χ3n) is 6.80. The summed E-state index contributed by atoms with van der Waals surface area (Å²) in [5.41, 5.74) is 2.07. The molecule has 2 fully saturated rings. The Hall–Kier alpha value is -2.73. The standard InChI is InChI=1S/C26H34N4O2/c31-25(28-18-23-10-4-6-14-27-23)20-29-16-12-22(13-17-29)24-11-5-7-15-30(26(24)32)19-21-8-2-1-3-9-21/h1-4,6,8-10,14,22,24H,5,7,11-13,15-20H2,(H,28,31). The number of benzene rings is 1. The van der Waals surface area contributed by atoms with Crippen molar-refractivity contribution >= 4 is 11.8 Å². The van der Waals surface area contributed by atoms with Crippen LogP contribution >= 0.6 is 0 Å². The zero-order valence-corrected chi connectivity index (χ0v) is 18.8. The van der Waals surface area contributed by atoms with Gasteiger partial charge in [0.05, 0.1) is 18.8 Å². The Balaban J connectivity index is 1.25.